The van der Waals surface area contributed by atoms with Crippen molar-refractivity contribution in [1.82, 2.24) is 24.6 Å². The zero-order valence-electron chi connectivity index (χ0n) is 17.6. The number of halogens is 3. The largest absolute Gasteiger partial charge is 0.467 e. The van der Waals surface area contributed by atoms with Crippen LogP contribution in [-0.4, -0.2) is 65.0 Å². The minimum absolute atomic E-state index is 0.0957. The number of fused-ring (bicyclic) bond motifs is 1. The SMILES string of the molecule is COCOc1cc(C(F)(F)F)ccc1-c1nnc2c(ncn2[C@@H]2CCCN(C)C2)c1C=O. The van der Waals surface area contributed by atoms with Crippen LogP contribution in [0.15, 0.2) is 24.5 Å². The number of methoxy groups -OCH3 is 1. The van der Waals surface area contributed by atoms with Crippen LogP contribution in [0.25, 0.3) is 22.4 Å². The standard InChI is InChI=1S/C21H22F3N5O3/c1-28-7-3-4-14(9-28)29-11-25-19-16(10-30)18(26-27-20(19)29)15-6-5-13(21(22,23)24)8-17(15)32-12-31-2/h5-6,8,10-11,14H,3-4,7,9,12H2,1-2H3/t14-/m1/s1. The van der Waals surface area contributed by atoms with Gasteiger partial charge in [-0.25, -0.2) is 4.98 Å². The van der Waals surface area contributed by atoms with Gasteiger partial charge in [-0.3, -0.25) is 4.79 Å². The highest BCUT2D eigenvalue weighted by molar-refractivity contribution is 5.99. The molecule has 1 aliphatic heterocycles. The molecule has 32 heavy (non-hydrogen) atoms. The van der Waals surface area contributed by atoms with E-state index in [9.17, 15) is 18.0 Å². The molecule has 8 nitrogen and oxygen atoms in total. The quantitative estimate of drug-likeness (QED) is 0.420. The van der Waals surface area contributed by atoms with Crippen LogP contribution in [0.3, 0.4) is 0 Å². The molecule has 0 N–H and O–H groups in total. The second kappa shape index (κ2) is 8.83. The van der Waals surface area contributed by atoms with Crippen molar-refractivity contribution in [3.8, 4) is 17.0 Å². The Balaban J connectivity index is 1.82. The third kappa shape index (κ3) is 4.17. The molecule has 1 aromatic carbocycles. The van der Waals surface area contributed by atoms with E-state index in [1.807, 2.05) is 11.6 Å². The molecule has 4 rings (SSSR count). The number of nitrogens with zero attached hydrogens (tertiary/aromatic N) is 5. The van der Waals surface area contributed by atoms with Gasteiger partial charge in [-0.2, -0.15) is 13.2 Å². The number of carbonyl (C=O) groups is 1. The first-order chi connectivity index (χ1) is 15.3. The Morgan fingerprint density at radius 3 is 2.78 bits per heavy atom. The number of likely N-dealkylation sites (tertiary alicyclic amines) is 1. The molecular formula is C21H22F3N5O3. The van der Waals surface area contributed by atoms with E-state index in [2.05, 4.69) is 20.1 Å². The van der Waals surface area contributed by atoms with Gasteiger partial charge in [0, 0.05) is 25.3 Å². The molecule has 0 spiro atoms. The van der Waals surface area contributed by atoms with Crippen molar-refractivity contribution in [2.45, 2.75) is 25.1 Å². The van der Waals surface area contributed by atoms with Gasteiger partial charge >= 0.3 is 6.18 Å². The van der Waals surface area contributed by atoms with Gasteiger partial charge in [-0.05, 0) is 44.6 Å². The molecule has 1 saturated heterocycles. The molecule has 0 saturated carbocycles. The van der Waals surface area contributed by atoms with E-state index in [4.69, 9.17) is 9.47 Å². The first-order valence-electron chi connectivity index (χ1n) is 10.0. The normalized spacial score (nSPS) is 17.6. The molecule has 3 heterocycles. The summed E-state index contributed by atoms with van der Waals surface area (Å²) in [7, 11) is 3.39. The van der Waals surface area contributed by atoms with Gasteiger partial charge in [0.25, 0.3) is 0 Å². The summed E-state index contributed by atoms with van der Waals surface area (Å²) in [6.45, 7) is 1.56. The Morgan fingerprint density at radius 1 is 1.28 bits per heavy atom. The Kier molecular flexibility index (Phi) is 6.11. The van der Waals surface area contributed by atoms with E-state index >= 15 is 0 Å². The number of piperidine rings is 1. The predicted molar refractivity (Wildman–Crippen MR) is 109 cm³/mol. The lowest BCUT2D eigenvalue weighted by atomic mass is 10.0. The molecule has 3 aromatic rings. The molecule has 0 radical (unpaired) electrons. The summed E-state index contributed by atoms with van der Waals surface area (Å²) < 4.78 is 51.7. The highest BCUT2D eigenvalue weighted by Gasteiger charge is 2.32. The number of hydrogen-bond acceptors (Lipinski definition) is 7. The summed E-state index contributed by atoms with van der Waals surface area (Å²) in [5.41, 5.74) is 0.342. The Morgan fingerprint density at radius 2 is 2.09 bits per heavy atom. The number of alkyl halides is 3. The lowest BCUT2D eigenvalue weighted by molar-refractivity contribution is -0.137. The third-order valence-electron chi connectivity index (χ3n) is 5.53. The number of carbonyl (C=O) groups excluding carboxylic acids is 1. The predicted octanol–water partition coefficient (Wildman–Crippen LogP) is 3.57. The highest BCUT2D eigenvalue weighted by Crippen LogP contribution is 2.38. The fourth-order valence-electron chi connectivity index (χ4n) is 3.99. The zero-order chi connectivity index (χ0) is 22.9. The lowest BCUT2D eigenvalue weighted by Gasteiger charge is -2.30. The molecule has 1 aliphatic rings. The van der Waals surface area contributed by atoms with Crippen LogP contribution in [-0.2, 0) is 10.9 Å². The summed E-state index contributed by atoms with van der Waals surface area (Å²) in [6, 6.07) is 3.12. The van der Waals surface area contributed by atoms with E-state index in [0.29, 0.717) is 17.5 Å². The third-order valence-corrected chi connectivity index (χ3v) is 5.53. The zero-order valence-corrected chi connectivity index (χ0v) is 17.6. The number of ether oxygens (including phenoxy) is 2. The Bertz CT molecular complexity index is 1130. The summed E-state index contributed by atoms with van der Waals surface area (Å²) in [5.74, 6) is -0.119. The molecule has 0 unspecified atom stereocenters. The maximum atomic E-state index is 13.2. The molecular weight excluding hydrogens is 427 g/mol. The number of rotatable bonds is 6. The van der Waals surface area contributed by atoms with Crippen molar-refractivity contribution < 1.29 is 27.4 Å². The number of aldehydes is 1. The minimum Gasteiger partial charge on any atom is -0.467 e. The Labute approximate surface area is 182 Å². The molecule has 1 fully saturated rings. The smallest absolute Gasteiger partial charge is 0.416 e. The molecule has 0 aliphatic carbocycles. The van der Waals surface area contributed by atoms with Crippen molar-refractivity contribution in [2.24, 2.45) is 0 Å². The van der Waals surface area contributed by atoms with Crippen molar-refractivity contribution in [3.63, 3.8) is 0 Å². The number of aromatic nitrogens is 4. The lowest BCUT2D eigenvalue weighted by Crippen LogP contribution is -2.33. The van der Waals surface area contributed by atoms with Crippen molar-refractivity contribution >= 4 is 17.5 Å². The van der Waals surface area contributed by atoms with E-state index in [-0.39, 0.29) is 35.4 Å². The molecule has 0 bridgehead atoms. The first kappa shape index (κ1) is 22.2. The number of hydrogen-bond donors (Lipinski definition) is 0. The molecule has 1 atom stereocenters. The van der Waals surface area contributed by atoms with Crippen molar-refractivity contribution in [2.75, 3.05) is 34.0 Å². The van der Waals surface area contributed by atoms with Gasteiger partial charge in [0.05, 0.1) is 17.5 Å². The second-order valence-electron chi connectivity index (χ2n) is 7.72. The molecule has 0 amide bonds. The van der Waals surface area contributed by atoms with Crippen LogP contribution in [0.4, 0.5) is 13.2 Å². The van der Waals surface area contributed by atoms with Crippen molar-refractivity contribution in [1.29, 1.82) is 0 Å². The molecule has 11 heteroatoms. The topological polar surface area (TPSA) is 82.4 Å². The summed E-state index contributed by atoms with van der Waals surface area (Å²) >= 11 is 0. The van der Waals surface area contributed by atoms with Crippen LogP contribution in [0.2, 0.25) is 0 Å². The number of likely N-dealkylation sites (N-methyl/N-ethyl adjacent to an activating group) is 1. The van der Waals surface area contributed by atoms with E-state index in [1.54, 1.807) is 6.33 Å². The van der Waals surface area contributed by atoms with Gasteiger partial charge in [0.2, 0.25) is 0 Å². The maximum Gasteiger partial charge on any atom is 0.416 e. The van der Waals surface area contributed by atoms with Crippen LogP contribution in [0.1, 0.15) is 34.8 Å². The highest BCUT2D eigenvalue weighted by atomic mass is 19.4. The summed E-state index contributed by atoms with van der Waals surface area (Å²) in [6.07, 6.45) is -0.357. The molecule has 2 aromatic heterocycles. The number of imidazole rings is 1. The minimum atomic E-state index is -4.56. The summed E-state index contributed by atoms with van der Waals surface area (Å²) in [4.78, 5) is 18.6. The molecule has 170 valence electrons. The van der Waals surface area contributed by atoms with Gasteiger partial charge in [0.15, 0.2) is 18.7 Å². The fraction of sp³-hybridized carbons (Fsp3) is 0.429. The van der Waals surface area contributed by atoms with Crippen LogP contribution < -0.4 is 4.74 Å². The van der Waals surface area contributed by atoms with Crippen LogP contribution >= 0.6 is 0 Å². The van der Waals surface area contributed by atoms with Gasteiger partial charge in [-0.1, -0.05) is 0 Å². The van der Waals surface area contributed by atoms with Gasteiger partial charge in [0.1, 0.15) is 17.0 Å². The van der Waals surface area contributed by atoms with E-state index < -0.39 is 11.7 Å². The van der Waals surface area contributed by atoms with Gasteiger partial charge < -0.3 is 18.9 Å². The monoisotopic (exact) mass is 449 g/mol. The van der Waals surface area contributed by atoms with E-state index in [0.717, 1.165) is 38.1 Å². The fourth-order valence-corrected chi connectivity index (χ4v) is 3.99. The van der Waals surface area contributed by atoms with Crippen LogP contribution in [0, 0.1) is 0 Å². The average molecular weight is 449 g/mol. The Hall–Kier alpha value is -3.05. The maximum absolute atomic E-state index is 13.2. The number of benzene rings is 1. The van der Waals surface area contributed by atoms with Gasteiger partial charge in [-0.15, -0.1) is 10.2 Å². The first-order valence-corrected chi connectivity index (χ1v) is 10.0. The van der Waals surface area contributed by atoms with Crippen LogP contribution in [0.5, 0.6) is 5.75 Å². The van der Waals surface area contributed by atoms with Crippen molar-refractivity contribution in [3.05, 3.63) is 35.7 Å². The van der Waals surface area contributed by atoms with E-state index in [1.165, 1.54) is 13.2 Å². The summed E-state index contributed by atoms with van der Waals surface area (Å²) in [5, 5.41) is 8.48. The average Bonchev–Trinajstić information content (AvgIpc) is 3.20. The second-order valence-corrected chi connectivity index (χ2v) is 7.72.